The summed E-state index contributed by atoms with van der Waals surface area (Å²) in [6.07, 6.45) is -0.155. The zero-order valence-corrected chi connectivity index (χ0v) is 55.7. The zero-order valence-electron chi connectivity index (χ0n) is 55.7. The summed E-state index contributed by atoms with van der Waals surface area (Å²) < 4.78 is 11.6. The number of nitrogens with zero attached hydrogens (tertiary/aromatic N) is 3. The number of rotatable bonds is 35. The molecule has 2 fully saturated rings. The van der Waals surface area contributed by atoms with Crippen LogP contribution < -0.4 is 43.4 Å². The van der Waals surface area contributed by atoms with Crippen molar-refractivity contribution < 1.29 is 67.3 Å². The third-order valence-corrected chi connectivity index (χ3v) is 17.6. The fourth-order valence-corrected chi connectivity index (χ4v) is 12.0. The molecular formula is C66H103N11O14. The highest BCUT2D eigenvalue weighted by Gasteiger charge is 2.45. The first-order chi connectivity index (χ1) is 42.9. The predicted octanol–water partition coefficient (Wildman–Crippen LogP) is 3.77. The van der Waals surface area contributed by atoms with Crippen molar-refractivity contribution in [1.29, 1.82) is 0 Å². The number of hydrogen-bond acceptors (Lipinski definition) is 15. The van der Waals surface area contributed by atoms with E-state index >= 15 is 0 Å². The van der Waals surface area contributed by atoms with Crippen LogP contribution in [0.15, 0.2) is 54.6 Å². The summed E-state index contributed by atoms with van der Waals surface area (Å²) >= 11 is 0. The van der Waals surface area contributed by atoms with E-state index in [0.29, 0.717) is 42.5 Å². The number of carbonyl (C=O) groups excluding carboxylic acids is 11. The van der Waals surface area contributed by atoms with Gasteiger partial charge < -0.3 is 62.8 Å². The van der Waals surface area contributed by atoms with Crippen LogP contribution in [-0.2, 0) is 65.7 Å². The first-order valence-electron chi connectivity index (χ1n) is 32.0. The van der Waals surface area contributed by atoms with Crippen LogP contribution in [0, 0.1) is 41.4 Å². The highest BCUT2D eigenvalue weighted by molar-refractivity contribution is 6.07. The fourth-order valence-electron chi connectivity index (χ4n) is 12.0. The highest BCUT2D eigenvalue weighted by Crippen LogP contribution is 2.30. The molecule has 4 rings (SSSR count). The Bertz CT molecular complexity index is 2800. The molecule has 0 bridgehead atoms. The number of hydrogen-bond donors (Lipinski definition) is 9. The molecule has 506 valence electrons. The summed E-state index contributed by atoms with van der Waals surface area (Å²) in [5, 5.41) is 27.8. The van der Waals surface area contributed by atoms with Crippen LogP contribution in [0.2, 0.25) is 0 Å². The van der Waals surface area contributed by atoms with E-state index in [4.69, 9.17) is 20.9 Å². The van der Waals surface area contributed by atoms with E-state index in [9.17, 15) is 57.8 Å². The number of methoxy groups -OCH3 is 1. The summed E-state index contributed by atoms with van der Waals surface area (Å²) in [6.45, 7) is 21.4. The van der Waals surface area contributed by atoms with Crippen molar-refractivity contribution in [1.82, 2.24) is 46.6 Å². The second-order valence-electron chi connectivity index (χ2n) is 25.8. The Kier molecular flexibility index (Phi) is 30.0. The minimum Gasteiger partial charge on any atom is -0.445 e. The number of imide groups is 1. The van der Waals surface area contributed by atoms with E-state index in [2.05, 4.69) is 31.9 Å². The summed E-state index contributed by atoms with van der Waals surface area (Å²) in [4.78, 5) is 152. The number of ketones is 1. The van der Waals surface area contributed by atoms with Gasteiger partial charge in [-0.25, -0.2) is 9.59 Å². The van der Waals surface area contributed by atoms with Crippen LogP contribution >= 0.6 is 0 Å². The van der Waals surface area contributed by atoms with Gasteiger partial charge in [-0.15, -0.1) is 0 Å². The fraction of sp³-hybridized carbons (Fsp3) is 0.652. The average Bonchev–Trinajstić information content (AvgIpc) is 2.58. The molecule has 25 nitrogen and oxygen atoms in total. The largest absolute Gasteiger partial charge is 0.445 e. The maximum atomic E-state index is 14.4. The third-order valence-electron chi connectivity index (χ3n) is 17.6. The Morgan fingerprint density at radius 2 is 1.34 bits per heavy atom. The average molecular weight is 1270 g/mol. The second kappa shape index (κ2) is 35.9. The SMILES string of the molecule is CC[C@H](C)[C@H](NC(=O)[C@@H](NC(=O)[C@H](C(C)C)N(C)C(=O)OCc1ccc(CC(=O)[C@H](CCCNC(N)=O)NC(=O)[C@@H](NC(=O)C(CN)N2C(=O)CC(C)C2=O)C(C)C)cc1)C(C)C)[C@H](C)CC(=O)N1CCC[C@H]1[C@H](OC)[C@@H](C)C(=O)N[C@H](C)[C@@H](O)c1ccccc1. The number of ether oxygens (including phenoxy) is 2. The molecule has 25 heteroatoms. The maximum absolute atomic E-state index is 14.4. The number of aliphatic hydroxyl groups is 1. The van der Waals surface area contributed by atoms with Crippen LogP contribution in [-0.4, -0.2) is 173 Å². The van der Waals surface area contributed by atoms with E-state index in [1.54, 1.807) is 104 Å². The lowest BCUT2D eigenvalue weighted by atomic mass is 9.85. The molecule has 2 aromatic carbocycles. The molecule has 0 spiro atoms. The number of likely N-dealkylation sites (N-methyl/N-ethyl adjacent to an activating group) is 1. The smallest absolute Gasteiger partial charge is 0.410 e. The van der Waals surface area contributed by atoms with Gasteiger partial charge in [0.25, 0.3) is 0 Å². The number of Topliss-reactive ketones (excluding diaryl/α,β-unsaturated/α-hetero) is 1. The van der Waals surface area contributed by atoms with Crippen LogP contribution in [0.5, 0.6) is 0 Å². The van der Waals surface area contributed by atoms with Crippen LogP contribution in [0.3, 0.4) is 0 Å². The molecule has 2 aromatic rings. The van der Waals surface area contributed by atoms with Gasteiger partial charge in [-0.2, -0.15) is 0 Å². The number of likely N-dealkylation sites (tertiary alicyclic amines) is 2. The van der Waals surface area contributed by atoms with Crippen LogP contribution in [0.1, 0.15) is 151 Å². The van der Waals surface area contributed by atoms with Crippen LogP contribution in [0.25, 0.3) is 0 Å². The van der Waals surface area contributed by atoms with Crippen molar-refractivity contribution in [2.45, 2.75) is 202 Å². The van der Waals surface area contributed by atoms with Gasteiger partial charge in [0, 0.05) is 65.0 Å². The molecule has 2 heterocycles. The number of carbonyl (C=O) groups is 11. The third kappa shape index (κ3) is 21.3. The lowest BCUT2D eigenvalue weighted by Crippen LogP contribution is -2.59. The normalized spacial score (nSPS) is 19.0. The van der Waals surface area contributed by atoms with Gasteiger partial charge in [0.15, 0.2) is 5.78 Å². The molecule has 0 aromatic heterocycles. The van der Waals surface area contributed by atoms with Crippen molar-refractivity contribution in [3.8, 4) is 0 Å². The summed E-state index contributed by atoms with van der Waals surface area (Å²) in [5.41, 5.74) is 12.9. The number of amides is 11. The van der Waals surface area contributed by atoms with E-state index in [0.717, 1.165) is 4.90 Å². The van der Waals surface area contributed by atoms with Gasteiger partial charge in [-0.05, 0) is 78.9 Å². The van der Waals surface area contributed by atoms with Gasteiger partial charge >= 0.3 is 12.1 Å². The van der Waals surface area contributed by atoms with Gasteiger partial charge in [-0.3, -0.25) is 53.0 Å². The van der Waals surface area contributed by atoms with E-state index in [-0.39, 0.29) is 81.5 Å². The Hall–Kier alpha value is -7.51. The topological polar surface area (TPSA) is 360 Å². The molecule has 2 unspecified atom stereocenters. The summed E-state index contributed by atoms with van der Waals surface area (Å²) in [5.74, 6) is -7.50. The van der Waals surface area contributed by atoms with Crippen molar-refractivity contribution in [3.05, 3.63) is 71.3 Å². The van der Waals surface area contributed by atoms with Crippen LogP contribution in [0.4, 0.5) is 9.59 Å². The van der Waals surface area contributed by atoms with Gasteiger partial charge in [0.1, 0.15) is 30.8 Å². The first kappa shape index (κ1) is 75.9. The standard InChI is InChI=1S/C66H103N11O14/c1-15-39(8)55(40(9)31-51(79)76-30-20-24-48(76)58(90-14)42(11)59(82)70-43(12)57(81)46-21-17-16-18-22-46)74-62(85)54(37(4)5)73-63(86)56(38(6)7)75(13)66(89)91-35-45-27-25-44(26-28-45)33-50(78)47(23-19-29-69-65(68)88)71-61(84)53(36(2)3)72-60(83)49(34-67)77-52(80)32-41(10)64(77)87/h16-18,21-22,25-28,36-43,47-49,53-58,81H,15,19-20,23-24,29-35,67H2,1-14H3,(H,70,82)(H,71,84)(H,72,83)(H,73,86)(H,74,85)(H3,68,69,88)/t39-,40+,41?,42+,43+,47-,48-,49?,53-,54-,55-,56-,57+,58+/m0/s1. The molecule has 0 radical (unpaired) electrons. The minimum absolute atomic E-state index is 0.0727. The quantitative estimate of drug-likeness (QED) is 0.0350. The summed E-state index contributed by atoms with van der Waals surface area (Å²) in [6, 6.07) is 7.76. The Labute approximate surface area is 536 Å². The molecule has 2 aliphatic rings. The molecule has 91 heavy (non-hydrogen) atoms. The van der Waals surface area contributed by atoms with Crippen molar-refractivity contribution in [2.24, 2.45) is 52.9 Å². The molecule has 2 saturated heterocycles. The molecule has 11 amide bonds. The molecule has 0 aliphatic carbocycles. The molecule has 14 atom stereocenters. The van der Waals surface area contributed by atoms with E-state index in [1.807, 2.05) is 39.0 Å². The lowest BCUT2D eigenvalue weighted by Gasteiger charge is -2.37. The van der Waals surface area contributed by atoms with E-state index < -0.39 is 137 Å². The van der Waals surface area contributed by atoms with Gasteiger partial charge in [0.2, 0.25) is 47.3 Å². The number of nitrogens with two attached hydrogens (primary N) is 2. The zero-order chi connectivity index (χ0) is 68.1. The molecular weight excluding hydrogens is 1170 g/mol. The van der Waals surface area contributed by atoms with Crippen molar-refractivity contribution in [2.75, 3.05) is 33.8 Å². The van der Waals surface area contributed by atoms with E-state index in [1.165, 1.54) is 19.1 Å². The first-order valence-corrected chi connectivity index (χ1v) is 32.0. The number of nitrogens with one attached hydrogen (secondary N) is 6. The van der Waals surface area contributed by atoms with Crippen molar-refractivity contribution in [3.63, 3.8) is 0 Å². The molecule has 0 saturated carbocycles. The summed E-state index contributed by atoms with van der Waals surface area (Å²) in [7, 11) is 2.96. The lowest BCUT2D eigenvalue weighted by molar-refractivity contribution is -0.147. The Morgan fingerprint density at radius 1 is 0.747 bits per heavy atom. The molecule has 11 N–H and O–H groups in total. The molecule has 2 aliphatic heterocycles. The number of benzene rings is 2. The van der Waals surface area contributed by atoms with Gasteiger partial charge in [0.05, 0.1) is 36.3 Å². The number of urea groups is 1. The minimum atomic E-state index is -1.35. The maximum Gasteiger partial charge on any atom is 0.410 e. The van der Waals surface area contributed by atoms with Gasteiger partial charge in [-0.1, -0.05) is 137 Å². The number of aliphatic hydroxyl groups excluding tert-OH is 1. The predicted molar refractivity (Wildman–Crippen MR) is 341 cm³/mol. The highest BCUT2D eigenvalue weighted by atomic mass is 16.6. The Morgan fingerprint density at radius 3 is 1.88 bits per heavy atom. The Balaban J connectivity index is 1.38. The number of primary amides is 1. The second-order valence-corrected chi connectivity index (χ2v) is 25.8. The monoisotopic (exact) mass is 1270 g/mol. The van der Waals surface area contributed by atoms with Crippen molar-refractivity contribution >= 4 is 65.2 Å².